The number of hydrogen-bond donors (Lipinski definition) is 1. The molecule has 2 nitrogen and oxygen atoms in total. The highest BCUT2D eigenvalue weighted by Gasteiger charge is 2.01. The molecule has 1 rings (SSSR count). The molecule has 0 aliphatic rings. The third-order valence-corrected chi connectivity index (χ3v) is 1.54. The van der Waals surface area contributed by atoms with Gasteiger partial charge in [-0.25, -0.2) is 0 Å². The van der Waals surface area contributed by atoms with Crippen molar-refractivity contribution in [3.05, 3.63) is 35.4 Å². The fraction of sp³-hybridized carbons (Fsp3) is 0.222. The van der Waals surface area contributed by atoms with E-state index in [9.17, 15) is 4.79 Å². The molecule has 0 fully saturated rings. The van der Waals surface area contributed by atoms with Gasteiger partial charge in [0.15, 0.2) is 0 Å². The molecule has 0 atom stereocenters. The minimum Gasteiger partial charge on any atom is -0.481 e. The van der Waals surface area contributed by atoms with Gasteiger partial charge in [-0.15, -0.1) is 0 Å². The number of carbonyl (C=O) groups is 1. The molecule has 0 unspecified atom stereocenters. The first-order valence-electron chi connectivity index (χ1n) is 3.37. The molecule has 0 aliphatic carbocycles. The van der Waals surface area contributed by atoms with Crippen LogP contribution in [0.1, 0.15) is 11.1 Å². The molecule has 0 spiro atoms. The van der Waals surface area contributed by atoms with Crippen LogP contribution in [0.25, 0.3) is 0 Å². The van der Waals surface area contributed by atoms with Gasteiger partial charge in [0, 0.05) is 0 Å². The topological polar surface area (TPSA) is 37.3 Å². The predicted molar refractivity (Wildman–Crippen MR) is 41.4 cm³/mol. The Hall–Kier alpha value is -1.31. The van der Waals surface area contributed by atoms with E-state index < -0.39 is 5.97 Å². The second-order valence-electron chi connectivity index (χ2n) is 2.42. The van der Waals surface area contributed by atoms with Gasteiger partial charge in [-0.1, -0.05) is 18.2 Å². The van der Waals surface area contributed by atoms with Crippen LogP contribution < -0.4 is 0 Å². The Morgan fingerprint density at radius 3 is 3.00 bits per heavy atom. The van der Waals surface area contributed by atoms with E-state index in [1.54, 1.807) is 12.1 Å². The summed E-state index contributed by atoms with van der Waals surface area (Å²) in [5.74, 6) is -0.798. The first kappa shape index (κ1) is 7.79. The van der Waals surface area contributed by atoms with E-state index in [1.165, 1.54) is 0 Å². The van der Waals surface area contributed by atoms with Crippen LogP contribution in [0.3, 0.4) is 0 Å². The maximum absolute atomic E-state index is 10.3. The zero-order chi connectivity index (χ0) is 8.27. The van der Waals surface area contributed by atoms with Crippen LogP contribution >= 0.6 is 0 Å². The molecule has 0 heterocycles. The molecule has 0 aliphatic heterocycles. The monoisotopic (exact) mass is 149 g/mol. The standard InChI is InChI=1S/C9H9O2/c1-7-4-2-3-5-8(7)6-9(10)11/h2,4-5H,6H2,1H3,(H,10,11). The number of carboxylic acids is 1. The fourth-order valence-corrected chi connectivity index (χ4v) is 0.896. The summed E-state index contributed by atoms with van der Waals surface area (Å²) >= 11 is 0. The Morgan fingerprint density at radius 1 is 1.73 bits per heavy atom. The maximum atomic E-state index is 10.3. The van der Waals surface area contributed by atoms with Crippen molar-refractivity contribution in [2.45, 2.75) is 13.3 Å². The molecule has 0 amide bonds. The molecule has 1 aromatic rings. The van der Waals surface area contributed by atoms with E-state index in [-0.39, 0.29) is 6.42 Å². The molecule has 0 saturated carbocycles. The molecule has 57 valence electrons. The largest absolute Gasteiger partial charge is 0.481 e. The van der Waals surface area contributed by atoms with E-state index in [2.05, 4.69) is 6.07 Å². The highest BCUT2D eigenvalue weighted by Crippen LogP contribution is 2.06. The molecular weight excluding hydrogens is 140 g/mol. The average Bonchev–Trinajstić information content (AvgIpc) is 1.93. The second kappa shape index (κ2) is 3.19. The van der Waals surface area contributed by atoms with Gasteiger partial charge in [0.25, 0.3) is 0 Å². The fourth-order valence-electron chi connectivity index (χ4n) is 0.896. The normalized spacial score (nSPS) is 9.55. The summed E-state index contributed by atoms with van der Waals surface area (Å²) < 4.78 is 0. The summed E-state index contributed by atoms with van der Waals surface area (Å²) in [6, 6.07) is 8.19. The van der Waals surface area contributed by atoms with E-state index in [1.807, 2.05) is 13.0 Å². The lowest BCUT2D eigenvalue weighted by Crippen LogP contribution is -2.01. The minimum atomic E-state index is -0.798. The van der Waals surface area contributed by atoms with Crippen molar-refractivity contribution in [2.24, 2.45) is 0 Å². The smallest absolute Gasteiger partial charge is 0.307 e. The highest BCUT2D eigenvalue weighted by molar-refractivity contribution is 5.70. The Labute approximate surface area is 65.5 Å². The van der Waals surface area contributed by atoms with Crippen molar-refractivity contribution < 1.29 is 9.90 Å². The van der Waals surface area contributed by atoms with Crippen LogP contribution in [0.4, 0.5) is 0 Å². The molecule has 2 heteroatoms. The van der Waals surface area contributed by atoms with Crippen LogP contribution in [-0.2, 0) is 11.2 Å². The molecule has 0 saturated heterocycles. The van der Waals surface area contributed by atoms with Gasteiger partial charge >= 0.3 is 5.97 Å². The van der Waals surface area contributed by atoms with Crippen LogP contribution in [0.15, 0.2) is 18.2 Å². The van der Waals surface area contributed by atoms with Crippen molar-refractivity contribution in [1.82, 2.24) is 0 Å². The van der Waals surface area contributed by atoms with Crippen molar-refractivity contribution in [2.75, 3.05) is 0 Å². The molecular formula is C9H9O2. The van der Waals surface area contributed by atoms with Crippen LogP contribution in [0, 0.1) is 13.0 Å². The number of aryl methyl sites for hydroxylation is 1. The lowest BCUT2D eigenvalue weighted by atomic mass is 10.1. The summed E-state index contributed by atoms with van der Waals surface area (Å²) in [5.41, 5.74) is 1.84. The molecule has 1 N–H and O–H groups in total. The van der Waals surface area contributed by atoms with Crippen LogP contribution in [0.5, 0.6) is 0 Å². The number of carboxylic acid groups (broad SMARTS) is 1. The highest BCUT2D eigenvalue weighted by atomic mass is 16.4. The summed E-state index contributed by atoms with van der Waals surface area (Å²) in [7, 11) is 0. The van der Waals surface area contributed by atoms with Crippen LogP contribution in [-0.4, -0.2) is 11.1 Å². The summed E-state index contributed by atoms with van der Waals surface area (Å²) in [6.07, 6.45) is 0.0865. The Morgan fingerprint density at radius 2 is 2.45 bits per heavy atom. The van der Waals surface area contributed by atoms with Gasteiger partial charge in [0.1, 0.15) is 0 Å². The summed E-state index contributed by atoms with van der Waals surface area (Å²) in [6.45, 7) is 1.89. The minimum absolute atomic E-state index is 0.0865. The molecule has 11 heavy (non-hydrogen) atoms. The summed E-state index contributed by atoms with van der Waals surface area (Å²) in [4.78, 5) is 10.3. The maximum Gasteiger partial charge on any atom is 0.307 e. The van der Waals surface area contributed by atoms with Gasteiger partial charge < -0.3 is 5.11 Å². The van der Waals surface area contributed by atoms with E-state index in [4.69, 9.17) is 5.11 Å². The van der Waals surface area contributed by atoms with Gasteiger partial charge in [0.2, 0.25) is 0 Å². The van der Waals surface area contributed by atoms with Crippen molar-refractivity contribution in [3.8, 4) is 0 Å². The second-order valence-corrected chi connectivity index (χ2v) is 2.42. The summed E-state index contributed by atoms with van der Waals surface area (Å²) in [5, 5.41) is 8.48. The number of aliphatic carboxylic acids is 1. The molecule has 0 bridgehead atoms. The van der Waals surface area contributed by atoms with E-state index in [0.29, 0.717) is 0 Å². The predicted octanol–water partition coefficient (Wildman–Crippen LogP) is 1.42. The van der Waals surface area contributed by atoms with Gasteiger partial charge in [-0.3, -0.25) is 4.79 Å². The first-order valence-corrected chi connectivity index (χ1v) is 3.37. The Kier molecular flexibility index (Phi) is 2.26. The molecule has 0 aromatic heterocycles. The number of benzene rings is 1. The zero-order valence-electron chi connectivity index (χ0n) is 6.29. The Bertz CT molecular complexity index is 266. The zero-order valence-corrected chi connectivity index (χ0v) is 6.29. The average molecular weight is 149 g/mol. The third kappa shape index (κ3) is 2.08. The SMILES string of the molecule is Cc1cc[c]cc1CC(=O)O. The van der Waals surface area contributed by atoms with Gasteiger partial charge in [-0.05, 0) is 24.1 Å². The first-order chi connectivity index (χ1) is 5.20. The molecule has 1 radical (unpaired) electrons. The van der Waals surface area contributed by atoms with Gasteiger partial charge in [0.05, 0.1) is 6.42 Å². The van der Waals surface area contributed by atoms with E-state index in [0.717, 1.165) is 11.1 Å². The molecule has 1 aromatic carbocycles. The van der Waals surface area contributed by atoms with Gasteiger partial charge in [-0.2, -0.15) is 0 Å². The quantitative estimate of drug-likeness (QED) is 0.690. The van der Waals surface area contributed by atoms with Crippen molar-refractivity contribution in [1.29, 1.82) is 0 Å². The lowest BCUT2D eigenvalue weighted by molar-refractivity contribution is -0.136. The van der Waals surface area contributed by atoms with Crippen molar-refractivity contribution in [3.63, 3.8) is 0 Å². The lowest BCUT2D eigenvalue weighted by Gasteiger charge is -1.99. The third-order valence-electron chi connectivity index (χ3n) is 1.54. The van der Waals surface area contributed by atoms with Crippen molar-refractivity contribution >= 4 is 5.97 Å². The number of hydrogen-bond acceptors (Lipinski definition) is 1. The number of rotatable bonds is 2. The Balaban J connectivity index is 2.86. The van der Waals surface area contributed by atoms with E-state index >= 15 is 0 Å². The van der Waals surface area contributed by atoms with Crippen LogP contribution in [0.2, 0.25) is 0 Å².